The van der Waals surface area contributed by atoms with Gasteiger partial charge in [-0.25, -0.2) is 0 Å². The van der Waals surface area contributed by atoms with Gasteiger partial charge in [0.25, 0.3) is 0 Å². The molecular formula is C17H27N3O2. The molecular weight excluding hydrogens is 278 g/mol. The first-order valence-electron chi connectivity index (χ1n) is 8.34. The first kappa shape index (κ1) is 15.6. The molecule has 0 amide bonds. The summed E-state index contributed by atoms with van der Waals surface area (Å²) in [5.74, 6) is -0.659. The van der Waals surface area contributed by atoms with Crippen molar-refractivity contribution < 1.29 is 9.90 Å². The smallest absolute Gasteiger partial charge is 0.320 e. The minimum Gasteiger partial charge on any atom is -0.480 e. The van der Waals surface area contributed by atoms with E-state index in [4.69, 9.17) is 0 Å². The monoisotopic (exact) mass is 305 g/mol. The number of hydrogen-bond donors (Lipinski definition) is 1. The molecule has 0 aromatic carbocycles. The van der Waals surface area contributed by atoms with Crippen LogP contribution in [0, 0.1) is 5.41 Å². The highest BCUT2D eigenvalue weighted by Gasteiger charge is 2.46. The molecule has 0 unspecified atom stereocenters. The third-order valence-electron chi connectivity index (χ3n) is 5.50. The highest BCUT2D eigenvalue weighted by molar-refractivity contribution is 5.74. The molecule has 2 aliphatic heterocycles. The molecule has 1 N–H and O–H groups in total. The van der Waals surface area contributed by atoms with Crippen molar-refractivity contribution in [1.29, 1.82) is 0 Å². The number of nitrogens with zero attached hydrogens (tertiary/aromatic N) is 3. The second-order valence-electron chi connectivity index (χ2n) is 7.09. The van der Waals surface area contributed by atoms with Gasteiger partial charge < -0.3 is 14.6 Å². The summed E-state index contributed by atoms with van der Waals surface area (Å²) in [5.41, 5.74) is 0.245. The van der Waals surface area contributed by atoms with Crippen LogP contribution in [0.25, 0.3) is 0 Å². The van der Waals surface area contributed by atoms with E-state index in [1.54, 1.807) is 0 Å². The fourth-order valence-corrected chi connectivity index (χ4v) is 4.15. The summed E-state index contributed by atoms with van der Waals surface area (Å²) in [6.07, 6.45) is 8.53. The molecule has 122 valence electrons. The largest absolute Gasteiger partial charge is 0.480 e. The Hall–Kier alpha value is -1.33. The lowest BCUT2D eigenvalue weighted by molar-refractivity contribution is -0.141. The maximum atomic E-state index is 11.3. The second-order valence-corrected chi connectivity index (χ2v) is 7.09. The average molecular weight is 305 g/mol. The van der Waals surface area contributed by atoms with Crippen molar-refractivity contribution in [3.63, 3.8) is 0 Å². The van der Waals surface area contributed by atoms with Crippen LogP contribution in [0.1, 0.15) is 25.7 Å². The number of likely N-dealkylation sites (tertiary alicyclic amines) is 2. The van der Waals surface area contributed by atoms with Gasteiger partial charge >= 0.3 is 5.97 Å². The number of carbonyl (C=O) groups is 1. The van der Waals surface area contributed by atoms with E-state index in [1.807, 2.05) is 11.9 Å². The van der Waals surface area contributed by atoms with Gasteiger partial charge in [-0.3, -0.25) is 9.69 Å². The van der Waals surface area contributed by atoms with Crippen LogP contribution in [-0.4, -0.2) is 64.7 Å². The molecule has 1 aromatic heterocycles. The third-order valence-corrected chi connectivity index (χ3v) is 5.50. The molecule has 0 bridgehead atoms. The Morgan fingerprint density at radius 2 is 1.91 bits per heavy atom. The van der Waals surface area contributed by atoms with E-state index in [0.29, 0.717) is 0 Å². The number of aryl methyl sites for hydroxylation is 1. The van der Waals surface area contributed by atoms with Crippen LogP contribution in [0.2, 0.25) is 0 Å². The van der Waals surface area contributed by atoms with Crippen LogP contribution >= 0.6 is 0 Å². The molecule has 2 aliphatic rings. The van der Waals surface area contributed by atoms with E-state index in [-0.39, 0.29) is 11.5 Å². The third kappa shape index (κ3) is 3.36. The van der Waals surface area contributed by atoms with E-state index >= 15 is 0 Å². The SMILES string of the molecule is CN1CC2(CCN(CCCn3cccc3)CC2)C[C@@H]1C(=O)O. The maximum Gasteiger partial charge on any atom is 0.320 e. The number of carboxylic acid groups (broad SMARTS) is 1. The lowest BCUT2D eigenvalue weighted by Crippen LogP contribution is -2.41. The predicted octanol–water partition coefficient (Wildman–Crippen LogP) is 1.75. The summed E-state index contributed by atoms with van der Waals surface area (Å²) in [6, 6.07) is 3.86. The first-order valence-corrected chi connectivity index (χ1v) is 8.34. The van der Waals surface area contributed by atoms with Crippen molar-refractivity contribution in [2.24, 2.45) is 5.41 Å². The molecule has 5 heteroatoms. The normalized spacial score (nSPS) is 25.8. The van der Waals surface area contributed by atoms with E-state index in [1.165, 1.54) is 6.42 Å². The minimum absolute atomic E-state index is 0.245. The molecule has 0 radical (unpaired) electrons. The molecule has 2 saturated heterocycles. The van der Waals surface area contributed by atoms with Crippen LogP contribution in [0.3, 0.4) is 0 Å². The van der Waals surface area contributed by atoms with Gasteiger partial charge in [-0.05, 0) is 69.9 Å². The number of piperidine rings is 1. The average Bonchev–Trinajstić information content (AvgIpc) is 3.10. The zero-order valence-electron chi connectivity index (χ0n) is 13.4. The Morgan fingerprint density at radius 3 is 2.50 bits per heavy atom. The van der Waals surface area contributed by atoms with Gasteiger partial charge in [-0.15, -0.1) is 0 Å². The van der Waals surface area contributed by atoms with Gasteiger partial charge in [-0.1, -0.05) is 0 Å². The molecule has 0 aliphatic carbocycles. The lowest BCUT2D eigenvalue weighted by Gasteiger charge is -2.39. The number of rotatable bonds is 5. The molecule has 22 heavy (non-hydrogen) atoms. The molecule has 1 aromatic rings. The number of hydrogen-bond acceptors (Lipinski definition) is 3. The van der Waals surface area contributed by atoms with Gasteiger partial charge in [0.15, 0.2) is 0 Å². The minimum atomic E-state index is -0.659. The zero-order chi connectivity index (χ0) is 15.6. The van der Waals surface area contributed by atoms with Crippen molar-refractivity contribution in [2.75, 3.05) is 33.2 Å². The Kier molecular flexibility index (Phi) is 4.54. The van der Waals surface area contributed by atoms with Crippen LogP contribution in [0.15, 0.2) is 24.5 Å². The van der Waals surface area contributed by atoms with Gasteiger partial charge in [-0.2, -0.15) is 0 Å². The fraction of sp³-hybridized carbons (Fsp3) is 0.706. The van der Waals surface area contributed by atoms with Crippen LogP contribution in [0.4, 0.5) is 0 Å². The van der Waals surface area contributed by atoms with Crippen molar-refractivity contribution in [3.8, 4) is 0 Å². The van der Waals surface area contributed by atoms with Crippen molar-refractivity contribution >= 4 is 5.97 Å². The highest BCUT2D eigenvalue weighted by atomic mass is 16.4. The Balaban J connectivity index is 1.43. The van der Waals surface area contributed by atoms with Gasteiger partial charge in [0.2, 0.25) is 0 Å². The first-order chi connectivity index (χ1) is 10.6. The van der Waals surface area contributed by atoms with Crippen molar-refractivity contribution in [2.45, 2.75) is 38.3 Å². The summed E-state index contributed by atoms with van der Waals surface area (Å²) in [5, 5.41) is 9.30. The second kappa shape index (κ2) is 6.42. The lowest BCUT2D eigenvalue weighted by atomic mass is 9.76. The van der Waals surface area contributed by atoms with Crippen LogP contribution < -0.4 is 0 Å². The number of likely N-dealkylation sites (N-methyl/N-ethyl adjacent to an activating group) is 1. The van der Waals surface area contributed by atoms with E-state index in [2.05, 4.69) is 34.0 Å². The predicted molar refractivity (Wildman–Crippen MR) is 85.8 cm³/mol. The maximum absolute atomic E-state index is 11.3. The number of carboxylic acids is 1. The Labute approximate surface area is 132 Å². The summed E-state index contributed by atoms with van der Waals surface area (Å²) in [7, 11) is 1.96. The standard InChI is InChI=1S/C17H27N3O2/c1-18-14-17(13-15(18)16(21)22)5-11-20(12-6-17)10-4-9-19-7-2-3-8-19/h2-3,7-8,15H,4-6,9-14H2,1H3,(H,21,22)/t15-/m1/s1. The summed E-state index contributed by atoms with van der Waals surface area (Å²) in [6.45, 7) is 5.41. The van der Waals surface area contributed by atoms with Gasteiger partial charge in [0.1, 0.15) is 6.04 Å². The molecule has 1 atom stereocenters. The fourth-order valence-electron chi connectivity index (χ4n) is 4.15. The number of aromatic nitrogens is 1. The van der Waals surface area contributed by atoms with Gasteiger partial charge in [0.05, 0.1) is 0 Å². The zero-order valence-corrected chi connectivity index (χ0v) is 13.4. The Morgan fingerprint density at radius 1 is 1.23 bits per heavy atom. The van der Waals surface area contributed by atoms with E-state index in [9.17, 15) is 9.90 Å². The molecule has 3 rings (SSSR count). The Bertz CT molecular complexity index is 492. The summed E-state index contributed by atoms with van der Waals surface area (Å²) < 4.78 is 2.23. The molecule has 3 heterocycles. The molecule has 2 fully saturated rings. The highest BCUT2D eigenvalue weighted by Crippen LogP contribution is 2.42. The number of aliphatic carboxylic acids is 1. The topological polar surface area (TPSA) is 48.7 Å². The summed E-state index contributed by atoms with van der Waals surface area (Å²) >= 11 is 0. The molecule has 1 spiro atoms. The summed E-state index contributed by atoms with van der Waals surface area (Å²) in [4.78, 5) is 15.9. The van der Waals surface area contributed by atoms with E-state index in [0.717, 1.165) is 52.0 Å². The van der Waals surface area contributed by atoms with Crippen molar-refractivity contribution in [3.05, 3.63) is 24.5 Å². The quantitative estimate of drug-likeness (QED) is 0.900. The van der Waals surface area contributed by atoms with Crippen LogP contribution in [-0.2, 0) is 11.3 Å². The van der Waals surface area contributed by atoms with Crippen LogP contribution in [0.5, 0.6) is 0 Å². The van der Waals surface area contributed by atoms with Gasteiger partial charge in [0, 0.05) is 25.5 Å². The molecule has 0 saturated carbocycles. The van der Waals surface area contributed by atoms with Crippen molar-refractivity contribution in [1.82, 2.24) is 14.4 Å². The molecule has 5 nitrogen and oxygen atoms in total. The van der Waals surface area contributed by atoms with E-state index < -0.39 is 5.97 Å².